The van der Waals surface area contributed by atoms with Gasteiger partial charge in [-0.2, -0.15) is 0 Å². The zero-order valence-corrected chi connectivity index (χ0v) is 18.3. The number of nitrogens with one attached hydrogen (secondary N) is 1. The molecule has 1 aromatic heterocycles. The average molecular weight is 416 g/mol. The first-order chi connectivity index (χ1) is 14.5. The third kappa shape index (κ3) is 4.52. The lowest BCUT2D eigenvalue weighted by Crippen LogP contribution is -2.14. The molecule has 1 N–H and O–H groups in total. The summed E-state index contributed by atoms with van der Waals surface area (Å²) in [5.74, 6) is -0.0175. The number of aryl methyl sites for hydroxylation is 1. The van der Waals surface area contributed by atoms with Crippen LogP contribution in [0.4, 0.5) is 11.4 Å². The van der Waals surface area contributed by atoms with Gasteiger partial charge < -0.3 is 10.2 Å². The van der Waals surface area contributed by atoms with Crippen LogP contribution in [0.5, 0.6) is 0 Å². The molecule has 0 saturated carbocycles. The summed E-state index contributed by atoms with van der Waals surface area (Å²) in [5.41, 5.74) is 4.11. The van der Waals surface area contributed by atoms with Crippen LogP contribution < -0.4 is 10.2 Å². The number of amides is 1. The lowest BCUT2D eigenvalue weighted by molar-refractivity contribution is -0.115. The van der Waals surface area contributed by atoms with Gasteiger partial charge in [0.2, 0.25) is 5.91 Å². The highest BCUT2D eigenvalue weighted by Gasteiger charge is 2.13. The molecule has 0 saturated heterocycles. The minimum atomic E-state index is -0.0175. The van der Waals surface area contributed by atoms with Crippen molar-refractivity contribution in [2.24, 2.45) is 0 Å². The van der Waals surface area contributed by atoms with Crippen molar-refractivity contribution in [3.05, 3.63) is 87.9 Å². The summed E-state index contributed by atoms with van der Waals surface area (Å²) in [5, 5.41) is 6.53. The van der Waals surface area contributed by atoms with Crippen LogP contribution in [0.15, 0.2) is 66.7 Å². The first kappa shape index (κ1) is 20.1. The minimum Gasteiger partial charge on any atom is -0.378 e. The normalized spacial score (nSPS) is 10.9. The Hall–Kier alpha value is -3.18. The largest absolute Gasteiger partial charge is 0.378 e. The molecule has 0 unspecified atom stereocenters. The molecule has 0 radical (unpaired) electrons. The highest BCUT2D eigenvalue weighted by Crippen LogP contribution is 2.26. The molecule has 4 aromatic rings. The van der Waals surface area contributed by atoms with Crippen molar-refractivity contribution in [2.75, 3.05) is 24.3 Å². The molecular formula is C25H25N3OS. The Morgan fingerprint density at radius 3 is 2.50 bits per heavy atom. The van der Waals surface area contributed by atoms with Crippen LogP contribution in [0.1, 0.15) is 21.1 Å². The van der Waals surface area contributed by atoms with Gasteiger partial charge in [0.15, 0.2) is 0 Å². The van der Waals surface area contributed by atoms with Gasteiger partial charge >= 0.3 is 0 Å². The van der Waals surface area contributed by atoms with Crippen LogP contribution in [0.3, 0.4) is 0 Å². The van der Waals surface area contributed by atoms with E-state index in [0.717, 1.165) is 33.4 Å². The van der Waals surface area contributed by atoms with E-state index in [1.165, 1.54) is 16.3 Å². The Morgan fingerprint density at radius 1 is 1.00 bits per heavy atom. The maximum Gasteiger partial charge on any atom is 0.229 e. The van der Waals surface area contributed by atoms with Gasteiger partial charge in [-0.1, -0.05) is 42.5 Å². The van der Waals surface area contributed by atoms with Crippen LogP contribution in [-0.4, -0.2) is 25.0 Å². The van der Waals surface area contributed by atoms with E-state index in [4.69, 9.17) is 4.98 Å². The summed E-state index contributed by atoms with van der Waals surface area (Å²) in [4.78, 5) is 20.3. The van der Waals surface area contributed by atoms with Crippen LogP contribution in [0.2, 0.25) is 0 Å². The standard InChI is InChI=1S/C25H25N3OS/c1-17-23(16-24(29)27-20-11-13-21(14-12-20)28(2)3)30-25(26-17)15-19-9-6-8-18-7-4-5-10-22(18)19/h4-14H,15-16H2,1-3H3,(H,27,29). The SMILES string of the molecule is Cc1nc(Cc2cccc3ccccc23)sc1CC(=O)Nc1ccc(N(C)C)cc1. The van der Waals surface area contributed by atoms with E-state index in [1.54, 1.807) is 11.3 Å². The second-order valence-corrected chi connectivity index (χ2v) is 8.77. The highest BCUT2D eigenvalue weighted by atomic mass is 32.1. The monoisotopic (exact) mass is 415 g/mol. The lowest BCUT2D eigenvalue weighted by Gasteiger charge is -2.13. The van der Waals surface area contributed by atoms with Crippen molar-refractivity contribution in [1.29, 1.82) is 0 Å². The van der Waals surface area contributed by atoms with Crippen LogP contribution >= 0.6 is 11.3 Å². The van der Waals surface area contributed by atoms with E-state index in [2.05, 4.69) is 47.8 Å². The van der Waals surface area contributed by atoms with Gasteiger partial charge in [-0.3, -0.25) is 4.79 Å². The number of nitrogens with zero attached hydrogens (tertiary/aromatic N) is 2. The molecule has 5 heteroatoms. The Morgan fingerprint density at radius 2 is 1.73 bits per heavy atom. The number of hydrogen-bond acceptors (Lipinski definition) is 4. The maximum absolute atomic E-state index is 12.6. The highest BCUT2D eigenvalue weighted by molar-refractivity contribution is 7.11. The smallest absolute Gasteiger partial charge is 0.229 e. The summed E-state index contributed by atoms with van der Waals surface area (Å²) >= 11 is 1.63. The van der Waals surface area contributed by atoms with Crippen molar-refractivity contribution in [2.45, 2.75) is 19.8 Å². The number of carbonyl (C=O) groups is 1. The molecule has 0 fully saturated rings. The predicted octanol–water partition coefficient (Wildman–Crippen LogP) is 5.44. The third-order valence-electron chi connectivity index (χ3n) is 5.15. The van der Waals surface area contributed by atoms with E-state index < -0.39 is 0 Å². The molecular weight excluding hydrogens is 390 g/mol. The lowest BCUT2D eigenvalue weighted by atomic mass is 10.0. The van der Waals surface area contributed by atoms with Gasteiger partial charge in [0, 0.05) is 36.8 Å². The van der Waals surface area contributed by atoms with Gasteiger partial charge in [0.25, 0.3) is 0 Å². The summed E-state index contributed by atoms with van der Waals surface area (Å²) in [6, 6.07) is 22.6. The number of anilines is 2. The molecule has 152 valence electrons. The molecule has 0 aliphatic heterocycles. The fourth-order valence-corrected chi connectivity index (χ4v) is 4.62. The van der Waals surface area contributed by atoms with Gasteiger partial charge in [0.1, 0.15) is 0 Å². The summed E-state index contributed by atoms with van der Waals surface area (Å²) in [7, 11) is 3.99. The maximum atomic E-state index is 12.6. The zero-order valence-electron chi connectivity index (χ0n) is 17.5. The van der Waals surface area contributed by atoms with Crippen LogP contribution in [0.25, 0.3) is 10.8 Å². The quantitative estimate of drug-likeness (QED) is 0.456. The van der Waals surface area contributed by atoms with E-state index >= 15 is 0 Å². The second kappa shape index (κ2) is 8.67. The molecule has 0 atom stereocenters. The third-order valence-corrected chi connectivity index (χ3v) is 6.30. The fraction of sp³-hybridized carbons (Fsp3) is 0.200. The van der Waals surface area contributed by atoms with Crippen molar-refractivity contribution >= 4 is 39.4 Å². The van der Waals surface area contributed by atoms with E-state index in [1.807, 2.05) is 50.2 Å². The van der Waals surface area contributed by atoms with Gasteiger partial charge in [-0.15, -0.1) is 11.3 Å². The molecule has 0 aliphatic carbocycles. The molecule has 4 nitrogen and oxygen atoms in total. The molecule has 1 heterocycles. The first-order valence-corrected chi connectivity index (χ1v) is 10.8. The zero-order chi connectivity index (χ0) is 21.1. The van der Waals surface area contributed by atoms with Crippen LogP contribution in [0, 0.1) is 6.92 Å². The number of fused-ring (bicyclic) bond motifs is 1. The van der Waals surface area contributed by atoms with Crippen molar-refractivity contribution in [3.8, 4) is 0 Å². The fourth-order valence-electron chi connectivity index (χ4n) is 3.53. The first-order valence-electron chi connectivity index (χ1n) is 9.98. The topological polar surface area (TPSA) is 45.2 Å². The molecule has 0 aliphatic rings. The molecule has 0 bridgehead atoms. The van der Waals surface area contributed by atoms with Crippen molar-refractivity contribution in [3.63, 3.8) is 0 Å². The minimum absolute atomic E-state index is 0.0175. The van der Waals surface area contributed by atoms with Crippen molar-refractivity contribution in [1.82, 2.24) is 4.98 Å². The number of rotatable bonds is 6. The summed E-state index contributed by atoms with van der Waals surface area (Å²) < 4.78 is 0. The van der Waals surface area contributed by atoms with Crippen molar-refractivity contribution < 1.29 is 4.79 Å². The van der Waals surface area contributed by atoms with E-state index in [0.29, 0.717) is 6.42 Å². The average Bonchev–Trinajstić information content (AvgIpc) is 3.07. The summed E-state index contributed by atoms with van der Waals surface area (Å²) in [6.07, 6.45) is 1.12. The Labute approximate surface area is 181 Å². The number of carbonyl (C=O) groups excluding carboxylic acids is 1. The van der Waals surface area contributed by atoms with E-state index in [9.17, 15) is 4.79 Å². The molecule has 30 heavy (non-hydrogen) atoms. The Balaban J connectivity index is 1.45. The number of hydrogen-bond donors (Lipinski definition) is 1. The number of aromatic nitrogens is 1. The Kier molecular flexibility index (Phi) is 5.81. The van der Waals surface area contributed by atoms with E-state index in [-0.39, 0.29) is 5.91 Å². The molecule has 1 amide bonds. The van der Waals surface area contributed by atoms with Gasteiger partial charge in [-0.25, -0.2) is 4.98 Å². The van der Waals surface area contributed by atoms with Gasteiger partial charge in [0.05, 0.1) is 17.1 Å². The molecule has 0 spiro atoms. The molecule has 3 aromatic carbocycles. The van der Waals surface area contributed by atoms with Gasteiger partial charge in [-0.05, 0) is 47.5 Å². The second-order valence-electron chi connectivity index (χ2n) is 7.60. The number of benzene rings is 3. The Bertz CT molecular complexity index is 1170. The summed E-state index contributed by atoms with van der Waals surface area (Å²) in [6.45, 7) is 1.98. The van der Waals surface area contributed by atoms with Crippen LogP contribution in [-0.2, 0) is 17.6 Å². The predicted molar refractivity (Wildman–Crippen MR) is 127 cm³/mol. The number of thiazole rings is 1. The molecule has 4 rings (SSSR count).